The van der Waals surface area contributed by atoms with Gasteiger partial charge in [0.2, 0.25) is 5.91 Å². The van der Waals surface area contributed by atoms with Crippen LogP contribution in [0.25, 0.3) is 0 Å². The fourth-order valence-corrected chi connectivity index (χ4v) is 5.97. The van der Waals surface area contributed by atoms with E-state index < -0.39 is 0 Å². The van der Waals surface area contributed by atoms with Crippen molar-refractivity contribution >= 4 is 45.6 Å². The van der Waals surface area contributed by atoms with Crippen molar-refractivity contribution in [3.05, 3.63) is 64.4 Å². The molecule has 164 valence electrons. The van der Waals surface area contributed by atoms with Gasteiger partial charge in [0.25, 0.3) is 5.91 Å². The van der Waals surface area contributed by atoms with Gasteiger partial charge in [0.1, 0.15) is 11.1 Å². The van der Waals surface area contributed by atoms with E-state index in [-0.39, 0.29) is 22.8 Å². The largest absolute Gasteiger partial charge is 0.459 e. The lowest BCUT2D eigenvalue weighted by Gasteiger charge is -2.17. The van der Waals surface area contributed by atoms with Crippen molar-refractivity contribution in [2.45, 2.75) is 43.3 Å². The van der Waals surface area contributed by atoms with Gasteiger partial charge in [0, 0.05) is 15.5 Å². The molecule has 8 heteroatoms. The lowest BCUT2D eigenvalue weighted by molar-refractivity contribution is -0.115. The van der Waals surface area contributed by atoms with Crippen molar-refractivity contribution in [3.63, 3.8) is 0 Å². The molecule has 1 aliphatic carbocycles. The third-order valence-corrected chi connectivity index (χ3v) is 7.64. The maximum Gasteiger partial charge on any atom is 0.291 e. The van der Waals surface area contributed by atoms with Crippen LogP contribution in [-0.2, 0) is 17.6 Å². The van der Waals surface area contributed by atoms with Crippen LogP contribution in [0, 0.1) is 17.2 Å². The summed E-state index contributed by atoms with van der Waals surface area (Å²) in [7, 11) is 0. The first-order chi connectivity index (χ1) is 15.4. The van der Waals surface area contributed by atoms with Crippen LogP contribution in [-0.4, -0.2) is 17.1 Å². The van der Waals surface area contributed by atoms with Gasteiger partial charge in [-0.1, -0.05) is 13.0 Å². The molecule has 2 amide bonds. The number of hydrogen-bond donors (Lipinski definition) is 2. The van der Waals surface area contributed by atoms with Crippen LogP contribution in [0.3, 0.4) is 0 Å². The van der Waals surface area contributed by atoms with Crippen LogP contribution in [0.4, 0.5) is 10.7 Å². The highest BCUT2D eigenvalue weighted by Gasteiger charge is 2.26. The van der Waals surface area contributed by atoms with Crippen LogP contribution in [0.2, 0.25) is 0 Å². The number of nitrogens with zero attached hydrogens (tertiary/aromatic N) is 1. The summed E-state index contributed by atoms with van der Waals surface area (Å²) in [5.41, 5.74) is 2.34. The molecule has 2 aromatic heterocycles. The molecular weight excluding hydrogens is 442 g/mol. The van der Waals surface area contributed by atoms with E-state index in [0.29, 0.717) is 22.2 Å². The molecule has 4 rings (SSSR count). The van der Waals surface area contributed by atoms with Gasteiger partial charge in [-0.2, -0.15) is 5.26 Å². The van der Waals surface area contributed by atoms with Gasteiger partial charge in [-0.3, -0.25) is 9.59 Å². The summed E-state index contributed by atoms with van der Waals surface area (Å²) in [6.45, 7) is 4.05. The highest BCUT2D eigenvalue weighted by atomic mass is 32.2. The van der Waals surface area contributed by atoms with E-state index in [9.17, 15) is 14.9 Å². The Morgan fingerprint density at radius 1 is 1.28 bits per heavy atom. The zero-order valence-corrected chi connectivity index (χ0v) is 19.4. The van der Waals surface area contributed by atoms with E-state index in [1.54, 1.807) is 18.2 Å². The summed E-state index contributed by atoms with van der Waals surface area (Å²) in [5, 5.41) is 15.7. The Morgan fingerprint density at radius 3 is 2.88 bits per heavy atom. The molecule has 3 aromatic rings. The Labute approximate surface area is 195 Å². The zero-order valence-electron chi connectivity index (χ0n) is 17.8. The van der Waals surface area contributed by atoms with Gasteiger partial charge in [-0.05, 0) is 68.0 Å². The molecule has 1 aliphatic rings. The number of carbonyl (C=O) groups is 2. The van der Waals surface area contributed by atoms with Crippen LogP contribution >= 0.6 is 23.1 Å². The summed E-state index contributed by atoms with van der Waals surface area (Å²) in [4.78, 5) is 27.1. The molecule has 0 radical (unpaired) electrons. The molecule has 0 saturated carbocycles. The molecule has 0 spiro atoms. The van der Waals surface area contributed by atoms with Crippen molar-refractivity contribution in [2.24, 2.45) is 5.92 Å². The van der Waals surface area contributed by atoms with Gasteiger partial charge >= 0.3 is 0 Å². The first-order valence-electron chi connectivity index (χ1n) is 10.4. The van der Waals surface area contributed by atoms with Crippen LogP contribution in [0.15, 0.2) is 52.0 Å². The fourth-order valence-electron chi connectivity index (χ4n) is 3.68. The van der Waals surface area contributed by atoms with Gasteiger partial charge in [-0.15, -0.1) is 23.1 Å². The Morgan fingerprint density at radius 2 is 2.12 bits per heavy atom. The average Bonchev–Trinajstić information content (AvgIpc) is 3.41. The molecule has 6 nitrogen and oxygen atoms in total. The number of benzene rings is 1. The number of nitrogens with one attached hydrogen (secondary N) is 2. The monoisotopic (exact) mass is 465 g/mol. The SMILES string of the molecule is CC1CCc2c(sc(NC(=O)C(C)Sc3cccc(NC(=O)c4ccco4)c3)c2C#N)C1. The van der Waals surface area contributed by atoms with Crippen LogP contribution < -0.4 is 10.6 Å². The molecule has 2 N–H and O–H groups in total. The molecule has 0 bridgehead atoms. The summed E-state index contributed by atoms with van der Waals surface area (Å²) < 4.78 is 5.11. The first kappa shape index (κ1) is 22.2. The lowest BCUT2D eigenvalue weighted by Crippen LogP contribution is -2.22. The molecule has 1 aromatic carbocycles. The molecule has 0 saturated heterocycles. The fraction of sp³-hybridized carbons (Fsp3) is 0.292. The van der Waals surface area contributed by atoms with Gasteiger partial charge < -0.3 is 15.1 Å². The second-order valence-electron chi connectivity index (χ2n) is 7.88. The Kier molecular flexibility index (Phi) is 6.68. The van der Waals surface area contributed by atoms with E-state index in [2.05, 4.69) is 23.6 Å². The molecular formula is C24H23N3O3S2. The van der Waals surface area contributed by atoms with Crippen molar-refractivity contribution in [3.8, 4) is 6.07 Å². The molecule has 32 heavy (non-hydrogen) atoms. The highest BCUT2D eigenvalue weighted by Crippen LogP contribution is 2.39. The number of carbonyl (C=O) groups excluding carboxylic acids is 2. The van der Waals surface area contributed by atoms with Crippen LogP contribution in [0.5, 0.6) is 0 Å². The topological polar surface area (TPSA) is 95.1 Å². The van der Waals surface area contributed by atoms with Crippen molar-refractivity contribution in [1.82, 2.24) is 0 Å². The van der Waals surface area contributed by atoms with E-state index in [1.807, 2.05) is 25.1 Å². The average molecular weight is 466 g/mol. The van der Waals surface area contributed by atoms with E-state index >= 15 is 0 Å². The van der Waals surface area contributed by atoms with Crippen LogP contribution in [0.1, 0.15) is 46.8 Å². The molecule has 0 fully saturated rings. The summed E-state index contributed by atoms with van der Waals surface area (Å²) >= 11 is 2.92. The number of rotatable bonds is 6. The number of thiophene rings is 1. The quantitative estimate of drug-likeness (QED) is 0.455. The maximum atomic E-state index is 12.9. The summed E-state index contributed by atoms with van der Waals surface area (Å²) in [6, 6.07) is 12.9. The number of thioether (sulfide) groups is 1. The maximum absolute atomic E-state index is 12.9. The number of anilines is 2. The minimum absolute atomic E-state index is 0.150. The Hall–Kier alpha value is -3.02. The third kappa shape index (κ3) is 4.90. The Bertz CT molecular complexity index is 1180. The van der Waals surface area contributed by atoms with E-state index in [4.69, 9.17) is 4.42 Å². The van der Waals surface area contributed by atoms with E-state index in [0.717, 1.165) is 29.7 Å². The minimum atomic E-state index is -0.379. The number of furan rings is 1. The molecule has 2 atom stereocenters. The van der Waals surface area contributed by atoms with Gasteiger partial charge in [-0.25, -0.2) is 0 Å². The van der Waals surface area contributed by atoms with Crippen molar-refractivity contribution in [1.29, 1.82) is 5.26 Å². The molecule has 0 aliphatic heterocycles. The number of fused-ring (bicyclic) bond motifs is 1. The van der Waals surface area contributed by atoms with Gasteiger partial charge in [0.15, 0.2) is 5.76 Å². The normalized spacial score (nSPS) is 16.0. The smallest absolute Gasteiger partial charge is 0.291 e. The standard InChI is InChI=1S/C24H23N3O3S2/c1-14-8-9-18-19(13-25)24(32-21(18)11-14)27-22(28)15(2)31-17-6-3-5-16(12-17)26-23(29)20-7-4-10-30-20/h3-7,10,12,14-15H,8-9,11H2,1-2H3,(H,26,29)(H,27,28). The molecule has 2 unspecified atom stereocenters. The van der Waals surface area contributed by atoms with Gasteiger partial charge in [0.05, 0.1) is 17.1 Å². The highest BCUT2D eigenvalue weighted by molar-refractivity contribution is 8.00. The third-order valence-electron chi connectivity index (χ3n) is 5.38. The predicted molar refractivity (Wildman–Crippen MR) is 127 cm³/mol. The number of amides is 2. The second-order valence-corrected chi connectivity index (χ2v) is 10.4. The van der Waals surface area contributed by atoms with Crippen molar-refractivity contribution < 1.29 is 14.0 Å². The second kappa shape index (κ2) is 9.63. The zero-order chi connectivity index (χ0) is 22.7. The lowest BCUT2D eigenvalue weighted by atomic mass is 9.89. The Balaban J connectivity index is 1.41. The summed E-state index contributed by atoms with van der Waals surface area (Å²) in [6.07, 6.45) is 4.38. The van der Waals surface area contributed by atoms with E-state index in [1.165, 1.54) is 34.2 Å². The first-order valence-corrected chi connectivity index (χ1v) is 12.1. The minimum Gasteiger partial charge on any atom is -0.459 e. The number of hydrogen-bond acceptors (Lipinski definition) is 6. The summed E-state index contributed by atoms with van der Waals surface area (Å²) in [5.74, 6) is 0.356. The molecule has 2 heterocycles. The predicted octanol–water partition coefficient (Wildman–Crippen LogP) is 5.71. The number of nitriles is 1. The van der Waals surface area contributed by atoms with Crippen molar-refractivity contribution in [2.75, 3.05) is 10.6 Å².